The summed E-state index contributed by atoms with van der Waals surface area (Å²) in [5.74, 6) is -0.218. The Hall–Kier alpha value is -2.48. The van der Waals surface area contributed by atoms with Gasteiger partial charge in [0.05, 0.1) is 6.04 Å². The number of amides is 2. The van der Waals surface area contributed by atoms with Crippen molar-refractivity contribution in [3.05, 3.63) is 52.2 Å². The van der Waals surface area contributed by atoms with Gasteiger partial charge in [0.25, 0.3) is 5.91 Å². The lowest BCUT2D eigenvalue weighted by atomic mass is 10.1. The minimum atomic E-state index is -2.86. The third-order valence-electron chi connectivity index (χ3n) is 3.63. The van der Waals surface area contributed by atoms with Crippen LogP contribution < -0.4 is 15.4 Å². The van der Waals surface area contributed by atoms with E-state index in [4.69, 9.17) is 0 Å². The Morgan fingerprint density at radius 3 is 2.54 bits per heavy atom. The molecule has 1 heterocycles. The van der Waals surface area contributed by atoms with Crippen molar-refractivity contribution in [1.82, 2.24) is 10.6 Å². The molecule has 2 rings (SSSR count). The second kappa shape index (κ2) is 9.86. The molecule has 0 aliphatic heterocycles. The molecule has 0 saturated carbocycles. The van der Waals surface area contributed by atoms with Crippen LogP contribution in [0.25, 0.3) is 0 Å². The van der Waals surface area contributed by atoms with Gasteiger partial charge in [-0.25, -0.2) is 0 Å². The maximum absolute atomic E-state index is 12.1. The fourth-order valence-electron chi connectivity index (χ4n) is 2.28. The summed E-state index contributed by atoms with van der Waals surface area (Å²) in [6, 6.07) is 7.61. The van der Waals surface area contributed by atoms with Crippen molar-refractivity contribution < 1.29 is 23.1 Å². The molecule has 140 valence electrons. The van der Waals surface area contributed by atoms with Crippen LogP contribution in [0.4, 0.5) is 8.78 Å². The predicted octanol–water partition coefficient (Wildman–Crippen LogP) is 3.74. The summed E-state index contributed by atoms with van der Waals surface area (Å²) >= 11 is 1.45. The van der Waals surface area contributed by atoms with Crippen LogP contribution in [-0.4, -0.2) is 25.0 Å². The molecular formula is C18H20F2N2O3S. The molecule has 2 N–H and O–H groups in total. The first-order valence-electron chi connectivity index (χ1n) is 8.10. The van der Waals surface area contributed by atoms with E-state index in [1.54, 1.807) is 30.5 Å². The second-order valence-electron chi connectivity index (χ2n) is 5.61. The molecular weight excluding hydrogens is 362 g/mol. The molecule has 8 heteroatoms. The molecule has 1 atom stereocenters. The normalized spacial score (nSPS) is 11.8. The van der Waals surface area contributed by atoms with E-state index in [1.165, 1.54) is 23.5 Å². The van der Waals surface area contributed by atoms with Crippen molar-refractivity contribution in [3.63, 3.8) is 0 Å². The second-order valence-corrected chi connectivity index (χ2v) is 6.39. The van der Waals surface area contributed by atoms with E-state index >= 15 is 0 Å². The summed E-state index contributed by atoms with van der Waals surface area (Å²) in [6.45, 7) is -0.645. The standard InChI is InChI=1S/C18H20F2N2O3S/c1-12(13-4-6-15(7-5-13)25-18(19)20)22-16(23)3-2-9-21-17(24)14-8-10-26-11-14/h4-8,10-12,18H,2-3,9H2,1H3,(H,21,24)(H,22,23). The average molecular weight is 382 g/mol. The number of rotatable bonds is 9. The molecule has 0 aliphatic carbocycles. The van der Waals surface area contributed by atoms with Gasteiger partial charge in [0.2, 0.25) is 5.91 Å². The van der Waals surface area contributed by atoms with Gasteiger partial charge in [0, 0.05) is 23.9 Å². The van der Waals surface area contributed by atoms with Crippen LogP contribution in [0.5, 0.6) is 5.75 Å². The highest BCUT2D eigenvalue weighted by atomic mass is 32.1. The minimum Gasteiger partial charge on any atom is -0.435 e. The molecule has 1 aromatic carbocycles. The predicted molar refractivity (Wildman–Crippen MR) is 95.5 cm³/mol. The summed E-state index contributed by atoms with van der Waals surface area (Å²) in [7, 11) is 0. The summed E-state index contributed by atoms with van der Waals surface area (Å²) < 4.78 is 28.5. The Kier molecular flexibility index (Phi) is 7.53. The number of halogens is 2. The molecule has 0 spiro atoms. The third kappa shape index (κ3) is 6.44. The molecule has 5 nitrogen and oxygen atoms in total. The Labute approximate surface area is 154 Å². The van der Waals surface area contributed by atoms with Gasteiger partial charge < -0.3 is 15.4 Å². The lowest BCUT2D eigenvalue weighted by Crippen LogP contribution is -2.28. The highest BCUT2D eigenvalue weighted by Gasteiger charge is 2.11. The molecule has 1 unspecified atom stereocenters. The van der Waals surface area contributed by atoms with E-state index in [2.05, 4.69) is 15.4 Å². The molecule has 0 saturated heterocycles. The first kappa shape index (κ1) is 19.8. The van der Waals surface area contributed by atoms with E-state index in [-0.39, 0.29) is 30.0 Å². The highest BCUT2D eigenvalue weighted by Crippen LogP contribution is 2.19. The van der Waals surface area contributed by atoms with Crippen LogP contribution in [0.15, 0.2) is 41.1 Å². The Morgan fingerprint density at radius 1 is 1.19 bits per heavy atom. The van der Waals surface area contributed by atoms with Crippen molar-refractivity contribution in [1.29, 1.82) is 0 Å². The van der Waals surface area contributed by atoms with Gasteiger partial charge in [-0.05, 0) is 42.5 Å². The monoisotopic (exact) mass is 382 g/mol. The zero-order valence-electron chi connectivity index (χ0n) is 14.2. The SMILES string of the molecule is CC(NC(=O)CCCNC(=O)c1ccsc1)c1ccc(OC(F)F)cc1. The van der Waals surface area contributed by atoms with E-state index in [0.717, 1.165) is 5.56 Å². The number of carbonyl (C=O) groups excluding carboxylic acids is 2. The first-order chi connectivity index (χ1) is 12.5. The number of hydrogen-bond donors (Lipinski definition) is 2. The topological polar surface area (TPSA) is 67.4 Å². The Morgan fingerprint density at radius 2 is 1.92 bits per heavy atom. The number of carbonyl (C=O) groups is 2. The zero-order valence-corrected chi connectivity index (χ0v) is 15.0. The van der Waals surface area contributed by atoms with Crippen LogP contribution in [0, 0.1) is 0 Å². The highest BCUT2D eigenvalue weighted by molar-refractivity contribution is 7.08. The molecule has 0 aliphatic rings. The maximum Gasteiger partial charge on any atom is 0.387 e. The zero-order chi connectivity index (χ0) is 18.9. The average Bonchev–Trinajstić information content (AvgIpc) is 3.13. The molecule has 2 aromatic rings. The van der Waals surface area contributed by atoms with Gasteiger partial charge in [-0.2, -0.15) is 20.1 Å². The fourth-order valence-corrected chi connectivity index (χ4v) is 2.92. The number of hydrogen-bond acceptors (Lipinski definition) is 4. The lowest BCUT2D eigenvalue weighted by Gasteiger charge is -2.15. The van der Waals surface area contributed by atoms with Crippen LogP contribution >= 0.6 is 11.3 Å². The Balaban J connectivity index is 1.69. The van der Waals surface area contributed by atoms with Gasteiger partial charge in [0.15, 0.2) is 0 Å². The lowest BCUT2D eigenvalue weighted by molar-refractivity contribution is -0.121. The van der Waals surface area contributed by atoms with Gasteiger partial charge in [-0.15, -0.1) is 0 Å². The molecule has 2 amide bonds. The summed E-state index contributed by atoms with van der Waals surface area (Å²) in [5.41, 5.74) is 1.40. The summed E-state index contributed by atoms with van der Waals surface area (Å²) in [5, 5.41) is 9.19. The number of nitrogens with one attached hydrogen (secondary N) is 2. The van der Waals surface area contributed by atoms with Crippen LogP contribution in [0.3, 0.4) is 0 Å². The van der Waals surface area contributed by atoms with E-state index < -0.39 is 6.61 Å². The summed E-state index contributed by atoms with van der Waals surface area (Å²) in [6.07, 6.45) is 0.802. The van der Waals surface area contributed by atoms with Crippen LogP contribution in [0.1, 0.15) is 41.7 Å². The van der Waals surface area contributed by atoms with Crippen molar-refractivity contribution in [2.45, 2.75) is 32.4 Å². The van der Waals surface area contributed by atoms with Gasteiger partial charge in [-0.1, -0.05) is 12.1 Å². The van der Waals surface area contributed by atoms with E-state index in [1.807, 2.05) is 5.38 Å². The molecule has 26 heavy (non-hydrogen) atoms. The molecule has 1 aromatic heterocycles. The molecule has 0 bridgehead atoms. The van der Waals surface area contributed by atoms with Crippen molar-refractivity contribution in [2.75, 3.05) is 6.54 Å². The smallest absolute Gasteiger partial charge is 0.387 e. The van der Waals surface area contributed by atoms with Crippen LogP contribution in [0.2, 0.25) is 0 Å². The molecule has 0 radical (unpaired) electrons. The van der Waals surface area contributed by atoms with E-state index in [0.29, 0.717) is 18.5 Å². The van der Waals surface area contributed by atoms with Crippen LogP contribution in [-0.2, 0) is 4.79 Å². The number of benzene rings is 1. The van der Waals surface area contributed by atoms with Crippen molar-refractivity contribution in [2.24, 2.45) is 0 Å². The number of thiophene rings is 1. The minimum absolute atomic E-state index is 0.0728. The van der Waals surface area contributed by atoms with Gasteiger partial charge in [0.1, 0.15) is 5.75 Å². The number of ether oxygens (including phenoxy) is 1. The third-order valence-corrected chi connectivity index (χ3v) is 4.32. The van der Waals surface area contributed by atoms with Gasteiger partial charge >= 0.3 is 6.61 Å². The Bertz CT molecular complexity index is 706. The number of alkyl halides is 2. The quantitative estimate of drug-likeness (QED) is 0.650. The van der Waals surface area contributed by atoms with Gasteiger partial charge in [-0.3, -0.25) is 9.59 Å². The van der Waals surface area contributed by atoms with E-state index in [9.17, 15) is 18.4 Å². The maximum atomic E-state index is 12.1. The first-order valence-corrected chi connectivity index (χ1v) is 9.04. The molecule has 0 fully saturated rings. The largest absolute Gasteiger partial charge is 0.435 e. The summed E-state index contributed by atoms with van der Waals surface area (Å²) in [4.78, 5) is 23.7. The van der Waals surface area contributed by atoms with Crippen molar-refractivity contribution >= 4 is 23.2 Å². The fraction of sp³-hybridized carbons (Fsp3) is 0.333. The van der Waals surface area contributed by atoms with Crippen molar-refractivity contribution in [3.8, 4) is 5.75 Å².